The van der Waals surface area contributed by atoms with Crippen LogP contribution in [0.25, 0.3) is 0 Å². The van der Waals surface area contributed by atoms with Gasteiger partial charge >= 0.3 is 0 Å². The van der Waals surface area contributed by atoms with E-state index in [1.807, 2.05) is 32.9 Å². The number of ketones is 1. The van der Waals surface area contributed by atoms with Gasteiger partial charge in [0, 0.05) is 11.6 Å². The van der Waals surface area contributed by atoms with E-state index in [-0.39, 0.29) is 11.8 Å². The number of likely N-dealkylation sites (N-methyl/N-ethyl adjacent to an activating group) is 1. The number of Topliss-reactive ketones (excluding diaryl/α,β-unsaturated/α-hetero) is 1. The van der Waals surface area contributed by atoms with Gasteiger partial charge in [0.05, 0.1) is 6.04 Å². The van der Waals surface area contributed by atoms with Crippen LogP contribution in [-0.2, 0) is 0 Å². The van der Waals surface area contributed by atoms with Crippen LogP contribution in [-0.4, -0.2) is 29.8 Å². The second-order valence-corrected chi connectivity index (χ2v) is 5.96. The zero-order valence-electron chi connectivity index (χ0n) is 12.6. The van der Waals surface area contributed by atoms with Crippen molar-refractivity contribution in [2.24, 2.45) is 0 Å². The fourth-order valence-electron chi connectivity index (χ4n) is 3.04. The molecule has 1 saturated carbocycles. The van der Waals surface area contributed by atoms with Crippen molar-refractivity contribution in [3.8, 4) is 0 Å². The third-order valence-electron chi connectivity index (χ3n) is 4.55. The summed E-state index contributed by atoms with van der Waals surface area (Å²) >= 11 is 0. The minimum Gasteiger partial charge on any atom is -0.294 e. The Bertz CT molecular complexity index is 460. The summed E-state index contributed by atoms with van der Waals surface area (Å²) in [6.45, 7) is 6.11. The monoisotopic (exact) mass is 259 g/mol. The van der Waals surface area contributed by atoms with Crippen LogP contribution in [0.4, 0.5) is 0 Å². The molecule has 0 radical (unpaired) electrons. The molecule has 1 fully saturated rings. The Balaban J connectivity index is 2.15. The quantitative estimate of drug-likeness (QED) is 0.768. The van der Waals surface area contributed by atoms with Crippen molar-refractivity contribution < 1.29 is 4.79 Å². The molecule has 2 rings (SSSR count). The number of carbonyl (C=O) groups is 1. The van der Waals surface area contributed by atoms with Crippen LogP contribution in [0.3, 0.4) is 0 Å². The lowest BCUT2D eigenvalue weighted by atomic mass is 9.97. The lowest BCUT2D eigenvalue weighted by Gasteiger charge is -2.30. The molecule has 2 heteroatoms. The average Bonchev–Trinajstić information content (AvgIpc) is 2.93. The van der Waals surface area contributed by atoms with E-state index in [1.165, 1.54) is 25.7 Å². The SMILES string of the molecule is Cc1ccc(C)c(C(=O)C(C)N(C)C2CCCC2)c1. The van der Waals surface area contributed by atoms with Gasteiger partial charge in [0.1, 0.15) is 0 Å². The maximum Gasteiger partial charge on any atom is 0.179 e. The number of carbonyl (C=O) groups excluding carboxylic acids is 1. The minimum atomic E-state index is -0.0244. The van der Waals surface area contributed by atoms with Gasteiger partial charge < -0.3 is 0 Å². The van der Waals surface area contributed by atoms with Crippen LogP contribution in [0, 0.1) is 13.8 Å². The molecule has 1 aliphatic carbocycles. The van der Waals surface area contributed by atoms with Crippen LogP contribution in [0.5, 0.6) is 0 Å². The number of rotatable bonds is 4. The van der Waals surface area contributed by atoms with Gasteiger partial charge in [-0.15, -0.1) is 0 Å². The lowest BCUT2D eigenvalue weighted by molar-refractivity contribution is 0.0818. The first-order chi connectivity index (χ1) is 9.00. The number of nitrogens with zero attached hydrogens (tertiary/aromatic N) is 1. The topological polar surface area (TPSA) is 20.3 Å². The van der Waals surface area contributed by atoms with Crippen LogP contribution in [0.15, 0.2) is 18.2 Å². The predicted molar refractivity (Wildman–Crippen MR) is 79.7 cm³/mol. The molecule has 0 spiro atoms. The smallest absolute Gasteiger partial charge is 0.179 e. The number of hydrogen-bond donors (Lipinski definition) is 0. The van der Waals surface area contributed by atoms with Crippen molar-refractivity contribution in [1.29, 1.82) is 0 Å². The highest BCUT2D eigenvalue weighted by Gasteiger charge is 2.28. The first-order valence-corrected chi connectivity index (χ1v) is 7.34. The molecule has 0 bridgehead atoms. The summed E-state index contributed by atoms with van der Waals surface area (Å²) in [5, 5.41) is 0. The molecule has 2 nitrogen and oxygen atoms in total. The van der Waals surface area contributed by atoms with Gasteiger partial charge in [-0.3, -0.25) is 9.69 Å². The van der Waals surface area contributed by atoms with Crippen LogP contribution < -0.4 is 0 Å². The Hall–Kier alpha value is -1.15. The Morgan fingerprint density at radius 2 is 1.89 bits per heavy atom. The molecule has 0 amide bonds. The first-order valence-electron chi connectivity index (χ1n) is 7.34. The number of hydrogen-bond acceptors (Lipinski definition) is 2. The van der Waals surface area contributed by atoms with Gasteiger partial charge in [-0.2, -0.15) is 0 Å². The van der Waals surface area contributed by atoms with E-state index in [9.17, 15) is 4.79 Å². The maximum atomic E-state index is 12.7. The highest BCUT2D eigenvalue weighted by atomic mass is 16.1. The zero-order valence-corrected chi connectivity index (χ0v) is 12.6. The zero-order chi connectivity index (χ0) is 14.0. The van der Waals surface area contributed by atoms with Crippen molar-refractivity contribution in [2.45, 2.75) is 58.5 Å². The first kappa shape index (κ1) is 14.3. The molecule has 1 atom stereocenters. The van der Waals surface area contributed by atoms with Crippen molar-refractivity contribution >= 4 is 5.78 Å². The summed E-state index contributed by atoms with van der Waals surface area (Å²) in [6.07, 6.45) is 5.08. The molecular weight excluding hydrogens is 234 g/mol. The van der Waals surface area contributed by atoms with E-state index in [0.717, 1.165) is 16.7 Å². The van der Waals surface area contributed by atoms with Crippen LogP contribution in [0.1, 0.15) is 54.1 Å². The minimum absolute atomic E-state index is 0.0244. The number of aryl methyl sites for hydroxylation is 2. The molecule has 104 valence electrons. The van der Waals surface area contributed by atoms with E-state index in [0.29, 0.717) is 6.04 Å². The average molecular weight is 259 g/mol. The Kier molecular flexibility index (Phi) is 4.41. The maximum absolute atomic E-state index is 12.7. The van der Waals surface area contributed by atoms with Gasteiger partial charge in [0.25, 0.3) is 0 Å². The van der Waals surface area contributed by atoms with E-state index >= 15 is 0 Å². The molecular formula is C17H25NO. The van der Waals surface area contributed by atoms with Crippen molar-refractivity contribution in [3.63, 3.8) is 0 Å². The molecule has 19 heavy (non-hydrogen) atoms. The van der Waals surface area contributed by atoms with E-state index in [1.54, 1.807) is 0 Å². The van der Waals surface area contributed by atoms with Gasteiger partial charge in [0.2, 0.25) is 0 Å². The molecule has 1 aromatic carbocycles. The molecule has 0 N–H and O–H groups in total. The normalized spacial score (nSPS) is 17.9. The van der Waals surface area contributed by atoms with Crippen LogP contribution >= 0.6 is 0 Å². The van der Waals surface area contributed by atoms with Gasteiger partial charge in [-0.05, 0) is 52.3 Å². The third kappa shape index (κ3) is 3.06. The van der Waals surface area contributed by atoms with Gasteiger partial charge in [-0.1, -0.05) is 30.5 Å². The second-order valence-electron chi connectivity index (χ2n) is 5.96. The third-order valence-corrected chi connectivity index (χ3v) is 4.55. The van der Waals surface area contributed by atoms with Crippen LogP contribution in [0.2, 0.25) is 0 Å². The Labute approximate surface area is 116 Å². The lowest BCUT2D eigenvalue weighted by Crippen LogP contribution is -2.42. The van der Waals surface area contributed by atoms with Crippen molar-refractivity contribution in [2.75, 3.05) is 7.05 Å². The molecule has 0 saturated heterocycles. The standard InChI is InChI=1S/C17H25NO/c1-12-9-10-13(2)16(11-12)17(19)14(3)18(4)15-7-5-6-8-15/h9-11,14-15H,5-8H2,1-4H3. The molecule has 1 unspecified atom stereocenters. The Morgan fingerprint density at radius 1 is 1.26 bits per heavy atom. The fourth-order valence-corrected chi connectivity index (χ4v) is 3.04. The second kappa shape index (κ2) is 5.87. The van der Waals surface area contributed by atoms with Gasteiger partial charge in [-0.25, -0.2) is 0 Å². The van der Waals surface area contributed by atoms with Gasteiger partial charge in [0.15, 0.2) is 5.78 Å². The van der Waals surface area contributed by atoms with E-state index in [2.05, 4.69) is 18.0 Å². The molecule has 0 aromatic heterocycles. The highest BCUT2D eigenvalue weighted by molar-refractivity contribution is 6.01. The molecule has 1 aliphatic rings. The molecule has 0 heterocycles. The Morgan fingerprint density at radius 3 is 2.53 bits per heavy atom. The summed E-state index contributed by atoms with van der Waals surface area (Å²) in [5.74, 6) is 0.260. The largest absolute Gasteiger partial charge is 0.294 e. The summed E-state index contributed by atoms with van der Waals surface area (Å²) < 4.78 is 0. The fraction of sp³-hybridized carbons (Fsp3) is 0.588. The van der Waals surface area contributed by atoms with Crippen molar-refractivity contribution in [3.05, 3.63) is 34.9 Å². The summed E-state index contributed by atoms with van der Waals surface area (Å²) in [7, 11) is 2.10. The summed E-state index contributed by atoms with van der Waals surface area (Å²) in [5.41, 5.74) is 3.13. The predicted octanol–water partition coefficient (Wildman–Crippen LogP) is 3.75. The van der Waals surface area contributed by atoms with E-state index < -0.39 is 0 Å². The van der Waals surface area contributed by atoms with Crippen molar-refractivity contribution in [1.82, 2.24) is 4.90 Å². The summed E-state index contributed by atoms with van der Waals surface area (Å²) in [6, 6.07) is 6.70. The number of benzene rings is 1. The van der Waals surface area contributed by atoms with E-state index in [4.69, 9.17) is 0 Å². The molecule has 1 aromatic rings. The summed E-state index contributed by atoms with van der Waals surface area (Å²) in [4.78, 5) is 14.9. The molecule has 0 aliphatic heterocycles. The highest BCUT2D eigenvalue weighted by Crippen LogP contribution is 2.25.